The fraction of sp³-hybridized carbons (Fsp3) is 0.455. The SMILES string of the molecule is Cc1cccnc1NCC1CCC(=O)N1. The Morgan fingerprint density at radius 1 is 1.67 bits per heavy atom. The number of carbonyl (C=O) groups excluding carboxylic acids is 1. The van der Waals surface area contributed by atoms with Gasteiger partial charge in [-0.3, -0.25) is 4.79 Å². The Labute approximate surface area is 89.1 Å². The normalized spacial score (nSPS) is 20.1. The number of nitrogens with zero attached hydrogens (tertiary/aromatic N) is 1. The lowest BCUT2D eigenvalue weighted by molar-refractivity contribution is -0.119. The molecule has 2 N–H and O–H groups in total. The van der Waals surface area contributed by atoms with E-state index in [0.717, 1.165) is 24.3 Å². The van der Waals surface area contributed by atoms with Gasteiger partial charge in [0.25, 0.3) is 0 Å². The summed E-state index contributed by atoms with van der Waals surface area (Å²) in [5, 5.41) is 6.16. The zero-order valence-corrected chi connectivity index (χ0v) is 8.79. The molecular weight excluding hydrogens is 190 g/mol. The Morgan fingerprint density at radius 3 is 3.20 bits per heavy atom. The second-order valence-electron chi connectivity index (χ2n) is 3.85. The zero-order chi connectivity index (χ0) is 10.7. The molecule has 1 saturated heterocycles. The molecule has 2 heterocycles. The summed E-state index contributed by atoms with van der Waals surface area (Å²) < 4.78 is 0. The molecule has 0 saturated carbocycles. The van der Waals surface area contributed by atoms with Crippen LogP contribution in [-0.2, 0) is 4.79 Å². The molecule has 4 heteroatoms. The highest BCUT2D eigenvalue weighted by Crippen LogP contribution is 2.11. The zero-order valence-electron chi connectivity index (χ0n) is 8.79. The van der Waals surface area contributed by atoms with E-state index in [1.807, 2.05) is 19.1 Å². The van der Waals surface area contributed by atoms with Crippen molar-refractivity contribution in [3.63, 3.8) is 0 Å². The molecule has 2 rings (SSSR count). The Balaban J connectivity index is 1.88. The monoisotopic (exact) mass is 205 g/mol. The van der Waals surface area contributed by atoms with Crippen LogP contribution in [0.1, 0.15) is 18.4 Å². The summed E-state index contributed by atoms with van der Waals surface area (Å²) >= 11 is 0. The molecule has 1 fully saturated rings. The predicted octanol–water partition coefficient (Wildman–Crippen LogP) is 1.08. The summed E-state index contributed by atoms with van der Waals surface area (Å²) in [5.41, 5.74) is 1.13. The fourth-order valence-corrected chi connectivity index (χ4v) is 1.72. The van der Waals surface area contributed by atoms with Crippen molar-refractivity contribution >= 4 is 11.7 Å². The van der Waals surface area contributed by atoms with Gasteiger partial charge in [0.2, 0.25) is 5.91 Å². The molecule has 80 valence electrons. The van der Waals surface area contributed by atoms with Gasteiger partial charge in [0.1, 0.15) is 5.82 Å². The third kappa shape index (κ3) is 2.46. The van der Waals surface area contributed by atoms with Crippen LogP contribution in [0.5, 0.6) is 0 Å². The molecule has 1 aromatic rings. The van der Waals surface area contributed by atoms with Crippen molar-refractivity contribution in [3.8, 4) is 0 Å². The number of carbonyl (C=O) groups is 1. The van der Waals surface area contributed by atoms with Crippen molar-refractivity contribution in [1.82, 2.24) is 10.3 Å². The molecule has 1 atom stereocenters. The molecule has 15 heavy (non-hydrogen) atoms. The van der Waals surface area contributed by atoms with Crippen molar-refractivity contribution in [2.24, 2.45) is 0 Å². The maximum atomic E-state index is 11.0. The average molecular weight is 205 g/mol. The van der Waals surface area contributed by atoms with E-state index < -0.39 is 0 Å². The molecular formula is C11H15N3O. The highest BCUT2D eigenvalue weighted by molar-refractivity contribution is 5.78. The van der Waals surface area contributed by atoms with Gasteiger partial charge in [0.05, 0.1) is 0 Å². The number of hydrogen-bond donors (Lipinski definition) is 2. The van der Waals surface area contributed by atoms with Crippen LogP contribution in [0.25, 0.3) is 0 Å². The van der Waals surface area contributed by atoms with Crippen molar-refractivity contribution in [3.05, 3.63) is 23.9 Å². The maximum Gasteiger partial charge on any atom is 0.220 e. The van der Waals surface area contributed by atoms with Crippen molar-refractivity contribution in [2.75, 3.05) is 11.9 Å². The van der Waals surface area contributed by atoms with Crippen LogP contribution in [0.15, 0.2) is 18.3 Å². The minimum absolute atomic E-state index is 0.152. The van der Waals surface area contributed by atoms with Crippen molar-refractivity contribution in [1.29, 1.82) is 0 Å². The summed E-state index contributed by atoms with van der Waals surface area (Å²) in [6.07, 6.45) is 3.33. The smallest absolute Gasteiger partial charge is 0.220 e. The van der Waals surface area contributed by atoms with E-state index in [1.54, 1.807) is 6.20 Å². The number of aromatic nitrogens is 1. The summed E-state index contributed by atoms with van der Waals surface area (Å²) in [4.78, 5) is 15.2. The third-order valence-electron chi connectivity index (χ3n) is 2.61. The van der Waals surface area contributed by atoms with Gasteiger partial charge >= 0.3 is 0 Å². The van der Waals surface area contributed by atoms with E-state index in [2.05, 4.69) is 15.6 Å². The highest BCUT2D eigenvalue weighted by atomic mass is 16.1. The molecule has 0 bridgehead atoms. The van der Waals surface area contributed by atoms with Gasteiger partial charge in [-0.25, -0.2) is 4.98 Å². The molecule has 1 aliphatic heterocycles. The van der Waals surface area contributed by atoms with Crippen LogP contribution >= 0.6 is 0 Å². The van der Waals surface area contributed by atoms with Gasteiger partial charge in [0, 0.05) is 25.2 Å². The van der Waals surface area contributed by atoms with Crippen LogP contribution in [0.2, 0.25) is 0 Å². The second-order valence-corrected chi connectivity index (χ2v) is 3.85. The first-order chi connectivity index (χ1) is 7.25. The first-order valence-electron chi connectivity index (χ1n) is 5.20. The van der Waals surface area contributed by atoms with Crippen LogP contribution in [-0.4, -0.2) is 23.5 Å². The standard InChI is InChI=1S/C11H15N3O/c1-8-3-2-6-12-11(8)13-7-9-4-5-10(15)14-9/h2-3,6,9H,4-5,7H2,1H3,(H,12,13)(H,14,15). The van der Waals surface area contributed by atoms with Gasteiger partial charge in [-0.15, -0.1) is 0 Å². The van der Waals surface area contributed by atoms with E-state index in [1.165, 1.54) is 0 Å². The second kappa shape index (κ2) is 4.29. The van der Waals surface area contributed by atoms with E-state index in [-0.39, 0.29) is 11.9 Å². The summed E-state index contributed by atoms with van der Waals surface area (Å²) in [5.74, 6) is 1.05. The van der Waals surface area contributed by atoms with Crippen molar-refractivity contribution in [2.45, 2.75) is 25.8 Å². The molecule has 0 spiro atoms. The first-order valence-corrected chi connectivity index (χ1v) is 5.20. The molecule has 4 nitrogen and oxygen atoms in total. The largest absolute Gasteiger partial charge is 0.368 e. The van der Waals surface area contributed by atoms with Gasteiger partial charge in [-0.2, -0.15) is 0 Å². The molecule has 0 aromatic carbocycles. The van der Waals surface area contributed by atoms with E-state index >= 15 is 0 Å². The van der Waals surface area contributed by atoms with Gasteiger partial charge in [-0.1, -0.05) is 6.07 Å². The number of hydrogen-bond acceptors (Lipinski definition) is 3. The lowest BCUT2D eigenvalue weighted by Crippen LogP contribution is -2.32. The molecule has 1 aromatic heterocycles. The Morgan fingerprint density at radius 2 is 2.53 bits per heavy atom. The van der Waals surface area contributed by atoms with Crippen LogP contribution < -0.4 is 10.6 Å². The minimum atomic E-state index is 0.152. The Bertz CT molecular complexity index is 365. The first kappa shape index (κ1) is 9.96. The number of rotatable bonds is 3. The number of nitrogens with one attached hydrogen (secondary N) is 2. The predicted molar refractivity (Wildman–Crippen MR) is 58.6 cm³/mol. The quantitative estimate of drug-likeness (QED) is 0.776. The summed E-state index contributed by atoms with van der Waals surface area (Å²) in [7, 11) is 0. The lowest BCUT2D eigenvalue weighted by atomic mass is 10.2. The number of amides is 1. The number of pyridine rings is 1. The van der Waals surface area contributed by atoms with E-state index in [0.29, 0.717) is 6.42 Å². The summed E-state index contributed by atoms with van der Waals surface area (Å²) in [6.45, 7) is 2.77. The average Bonchev–Trinajstić information content (AvgIpc) is 2.63. The highest BCUT2D eigenvalue weighted by Gasteiger charge is 2.20. The molecule has 0 aliphatic carbocycles. The summed E-state index contributed by atoms with van der Waals surface area (Å²) in [6, 6.07) is 4.18. The topological polar surface area (TPSA) is 54.0 Å². The van der Waals surface area contributed by atoms with Crippen LogP contribution in [0.4, 0.5) is 5.82 Å². The molecule has 1 unspecified atom stereocenters. The van der Waals surface area contributed by atoms with E-state index in [9.17, 15) is 4.79 Å². The Kier molecular flexibility index (Phi) is 2.85. The van der Waals surface area contributed by atoms with Crippen LogP contribution in [0, 0.1) is 6.92 Å². The lowest BCUT2D eigenvalue weighted by Gasteiger charge is -2.12. The minimum Gasteiger partial charge on any atom is -0.368 e. The Hall–Kier alpha value is -1.58. The fourth-order valence-electron chi connectivity index (χ4n) is 1.72. The maximum absolute atomic E-state index is 11.0. The third-order valence-corrected chi connectivity index (χ3v) is 2.61. The van der Waals surface area contributed by atoms with Gasteiger partial charge in [-0.05, 0) is 25.0 Å². The number of anilines is 1. The molecule has 1 amide bonds. The molecule has 1 aliphatic rings. The van der Waals surface area contributed by atoms with E-state index in [4.69, 9.17) is 0 Å². The van der Waals surface area contributed by atoms with Gasteiger partial charge < -0.3 is 10.6 Å². The van der Waals surface area contributed by atoms with Gasteiger partial charge in [0.15, 0.2) is 0 Å². The molecule has 0 radical (unpaired) electrons. The van der Waals surface area contributed by atoms with Crippen molar-refractivity contribution < 1.29 is 4.79 Å². The van der Waals surface area contributed by atoms with Crippen LogP contribution in [0.3, 0.4) is 0 Å². The number of aryl methyl sites for hydroxylation is 1.